The molecule has 0 spiro atoms. The van der Waals surface area contributed by atoms with Crippen LogP contribution in [0.2, 0.25) is 4.34 Å². The number of thiophene rings is 1. The molecule has 1 nitrogen and oxygen atoms in total. The molecule has 0 amide bonds. The Labute approximate surface area is 126 Å². The molecule has 0 saturated heterocycles. The maximum atomic E-state index is 13.5. The highest BCUT2D eigenvalue weighted by Crippen LogP contribution is 2.51. The van der Waals surface area contributed by atoms with E-state index in [-0.39, 0.29) is 11.9 Å². The summed E-state index contributed by atoms with van der Waals surface area (Å²) in [6, 6.07) is 9.31. The molecule has 1 aromatic heterocycles. The second-order valence-corrected chi connectivity index (χ2v) is 7.10. The van der Waals surface area contributed by atoms with Crippen molar-refractivity contribution in [1.29, 1.82) is 0 Å². The molecular weight excluding hydrogens is 293 g/mol. The lowest BCUT2D eigenvalue weighted by molar-refractivity contribution is 0.428. The normalized spacial score (nSPS) is 27.0. The second-order valence-electron chi connectivity index (χ2n) is 5.35. The molecule has 4 heteroatoms. The minimum atomic E-state index is -0.165. The van der Waals surface area contributed by atoms with Crippen molar-refractivity contribution in [3.63, 3.8) is 0 Å². The Kier molecular flexibility index (Phi) is 2.86. The molecule has 20 heavy (non-hydrogen) atoms. The molecule has 1 aliphatic heterocycles. The molecule has 0 fully saturated rings. The first-order chi connectivity index (χ1) is 9.72. The predicted molar refractivity (Wildman–Crippen MR) is 82.1 cm³/mol. The summed E-state index contributed by atoms with van der Waals surface area (Å²) in [6.07, 6.45) is 5.44. The third-order valence-corrected chi connectivity index (χ3v) is 5.54. The van der Waals surface area contributed by atoms with Crippen LogP contribution in [0.3, 0.4) is 0 Å². The summed E-state index contributed by atoms with van der Waals surface area (Å²) >= 11 is 7.69. The van der Waals surface area contributed by atoms with Gasteiger partial charge in [0.1, 0.15) is 5.82 Å². The Hall–Kier alpha value is -1.32. The van der Waals surface area contributed by atoms with Crippen LogP contribution in [0.25, 0.3) is 0 Å². The van der Waals surface area contributed by atoms with Crippen LogP contribution in [-0.2, 0) is 0 Å². The summed E-state index contributed by atoms with van der Waals surface area (Å²) in [5, 5.41) is 3.57. The Bertz CT molecular complexity index is 694. The van der Waals surface area contributed by atoms with E-state index in [1.54, 1.807) is 17.4 Å². The van der Waals surface area contributed by atoms with E-state index in [1.807, 2.05) is 12.1 Å². The van der Waals surface area contributed by atoms with Crippen molar-refractivity contribution in [2.45, 2.75) is 18.4 Å². The van der Waals surface area contributed by atoms with Crippen molar-refractivity contribution >= 4 is 28.6 Å². The van der Waals surface area contributed by atoms with Crippen molar-refractivity contribution < 1.29 is 4.39 Å². The lowest BCUT2D eigenvalue weighted by atomic mass is 9.79. The predicted octanol–water partition coefficient (Wildman–Crippen LogP) is 5.37. The average molecular weight is 306 g/mol. The highest BCUT2D eigenvalue weighted by atomic mass is 35.5. The molecule has 2 heterocycles. The molecule has 102 valence electrons. The van der Waals surface area contributed by atoms with E-state index in [2.05, 4.69) is 23.5 Å². The molecule has 2 aliphatic rings. The molecule has 1 aromatic carbocycles. The van der Waals surface area contributed by atoms with Gasteiger partial charge in [0.25, 0.3) is 0 Å². The zero-order valence-corrected chi connectivity index (χ0v) is 12.2. The summed E-state index contributed by atoms with van der Waals surface area (Å²) in [5.41, 5.74) is 2.11. The third kappa shape index (κ3) is 1.88. The zero-order valence-electron chi connectivity index (χ0n) is 10.6. The van der Waals surface area contributed by atoms with Gasteiger partial charge in [0.15, 0.2) is 0 Å². The highest BCUT2D eigenvalue weighted by Gasteiger charge is 2.38. The maximum absolute atomic E-state index is 13.5. The van der Waals surface area contributed by atoms with Gasteiger partial charge in [-0.2, -0.15) is 0 Å². The topological polar surface area (TPSA) is 12.0 Å². The molecule has 0 unspecified atom stereocenters. The van der Waals surface area contributed by atoms with Gasteiger partial charge in [-0.1, -0.05) is 23.8 Å². The minimum absolute atomic E-state index is 0.165. The number of hydrogen-bond donors (Lipinski definition) is 1. The highest BCUT2D eigenvalue weighted by molar-refractivity contribution is 7.16. The fourth-order valence-electron chi connectivity index (χ4n) is 3.34. The number of fused-ring (bicyclic) bond motifs is 3. The van der Waals surface area contributed by atoms with Crippen molar-refractivity contribution in [2.75, 3.05) is 5.32 Å². The Morgan fingerprint density at radius 3 is 2.95 bits per heavy atom. The number of hydrogen-bond acceptors (Lipinski definition) is 2. The third-order valence-electron chi connectivity index (χ3n) is 4.23. The molecule has 2 aromatic rings. The van der Waals surface area contributed by atoms with Crippen LogP contribution in [0, 0.1) is 11.7 Å². The second kappa shape index (κ2) is 4.61. The van der Waals surface area contributed by atoms with Gasteiger partial charge in [-0.15, -0.1) is 11.3 Å². The summed E-state index contributed by atoms with van der Waals surface area (Å²) < 4.78 is 14.3. The zero-order chi connectivity index (χ0) is 13.7. The standard InChI is InChI=1S/C16H13ClFNS/c17-15-7-6-14(20-15)16-11-3-1-2-10(11)12-8-9(18)4-5-13(12)19-16/h1-2,4-8,10-11,16,19H,3H2/t10-,11+,16-/m1/s1. The van der Waals surface area contributed by atoms with Gasteiger partial charge in [-0.3, -0.25) is 0 Å². The van der Waals surface area contributed by atoms with Gasteiger partial charge in [-0.05, 0) is 48.2 Å². The van der Waals surface area contributed by atoms with Crippen LogP contribution in [0.4, 0.5) is 10.1 Å². The molecule has 0 saturated carbocycles. The summed E-state index contributed by atoms with van der Waals surface area (Å²) in [4.78, 5) is 1.25. The van der Waals surface area contributed by atoms with Gasteiger partial charge >= 0.3 is 0 Å². The SMILES string of the molecule is Fc1ccc2c(c1)[C@@H]1C=CC[C@@H]1[C@H](c1ccc(Cl)s1)N2. The van der Waals surface area contributed by atoms with E-state index in [0.717, 1.165) is 22.0 Å². The summed E-state index contributed by atoms with van der Waals surface area (Å²) in [5.74, 6) is 0.578. The number of anilines is 1. The van der Waals surface area contributed by atoms with Gasteiger partial charge in [-0.25, -0.2) is 4.39 Å². The quantitative estimate of drug-likeness (QED) is 0.699. The number of nitrogens with one attached hydrogen (secondary N) is 1. The van der Waals surface area contributed by atoms with Crippen LogP contribution < -0.4 is 5.32 Å². The Morgan fingerprint density at radius 2 is 2.15 bits per heavy atom. The molecular formula is C16H13ClFNS. The molecule has 0 bridgehead atoms. The number of benzene rings is 1. The fraction of sp³-hybridized carbons (Fsp3) is 0.250. The first-order valence-corrected chi connectivity index (χ1v) is 7.90. The van der Waals surface area contributed by atoms with Crippen molar-refractivity contribution in [2.24, 2.45) is 5.92 Å². The lowest BCUT2D eigenvalue weighted by Gasteiger charge is -2.36. The Morgan fingerprint density at radius 1 is 1.25 bits per heavy atom. The van der Waals surface area contributed by atoms with Gasteiger partial charge in [0.05, 0.1) is 10.4 Å². The number of rotatable bonds is 1. The number of allylic oxidation sites excluding steroid dienone is 2. The number of halogens is 2. The van der Waals surface area contributed by atoms with Crippen LogP contribution >= 0.6 is 22.9 Å². The molecule has 3 atom stereocenters. The van der Waals surface area contributed by atoms with E-state index in [9.17, 15) is 4.39 Å². The van der Waals surface area contributed by atoms with Crippen LogP contribution in [0.15, 0.2) is 42.5 Å². The average Bonchev–Trinajstić information content (AvgIpc) is 3.07. The molecule has 4 rings (SSSR count). The largest absolute Gasteiger partial charge is 0.377 e. The first-order valence-electron chi connectivity index (χ1n) is 6.70. The van der Waals surface area contributed by atoms with Crippen molar-refractivity contribution in [3.8, 4) is 0 Å². The van der Waals surface area contributed by atoms with Crippen LogP contribution in [-0.4, -0.2) is 0 Å². The lowest BCUT2D eigenvalue weighted by Crippen LogP contribution is -2.28. The van der Waals surface area contributed by atoms with Crippen LogP contribution in [0.1, 0.15) is 28.8 Å². The van der Waals surface area contributed by atoms with Crippen molar-refractivity contribution in [1.82, 2.24) is 0 Å². The molecule has 1 aliphatic carbocycles. The molecule has 0 radical (unpaired) electrons. The monoisotopic (exact) mass is 305 g/mol. The maximum Gasteiger partial charge on any atom is 0.123 e. The summed E-state index contributed by atoms with van der Waals surface area (Å²) in [6.45, 7) is 0. The van der Waals surface area contributed by atoms with E-state index in [0.29, 0.717) is 11.8 Å². The van der Waals surface area contributed by atoms with E-state index in [4.69, 9.17) is 11.6 Å². The van der Waals surface area contributed by atoms with E-state index < -0.39 is 0 Å². The van der Waals surface area contributed by atoms with E-state index in [1.165, 1.54) is 10.9 Å². The van der Waals surface area contributed by atoms with Gasteiger partial charge in [0.2, 0.25) is 0 Å². The smallest absolute Gasteiger partial charge is 0.123 e. The fourth-order valence-corrected chi connectivity index (χ4v) is 4.53. The van der Waals surface area contributed by atoms with Gasteiger partial charge in [0, 0.05) is 16.5 Å². The van der Waals surface area contributed by atoms with E-state index >= 15 is 0 Å². The molecule has 1 N–H and O–H groups in total. The minimum Gasteiger partial charge on any atom is -0.377 e. The van der Waals surface area contributed by atoms with Crippen LogP contribution in [0.5, 0.6) is 0 Å². The Balaban J connectivity index is 1.80. The summed E-state index contributed by atoms with van der Waals surface area (Å²) in [7, 11) is 0. The van der Waals surface area contributed by atoms with Crippen molar-refractivity contribution in [3.05, 3.63) is 63.1 Å². The van der Waals surface area contributed by atoms with Gasteiger partial charge < -0.3 is 5.32 Å². The first kappa shape index (κ1) is 12.4.